The Balaban J connectivity index is 1.86. The molecule has 1 aromatic rings. The van der Waals surface area contributed by atoms with Crippen molar-refractivity contribution in [2.24, 2.45) is 0 Å². The topological polar surface area (TPSA) is 41.5 Å². The average Bonchev–Trinajstić information content (AvgIpc) is 3.18. The molecule has 3 nitrogen and oxygen atoms in total. The summed E-state index contributed by atoms with van der Waals surface area (Å²) in [6.45, 7) is 2.10. The van der Waals surface area contributed by atoms with E-state index in [1.165, 1.54) is 12.1 Å². The number of ether oxygens (including phenoxy) is 1. The molecule has 1 aliphatic rings. The minimum Gasteiger partial charge on any atom is -0.490 e. The summed E-state index contributed by atoms with van der Waals surface area (Å²) in [5, 5.41) is 12.7. The van der Waals surface area contributed by atoms with Gasteiger partial charge in [0, 0.05) is 18.0 Å². The monoisotopic (exact) mass is 271 g/mol. The first-order valence-electron chi connectivity index (χ1n) is 6.49. The Morgan fingerprint density at radius 3 is 2.79 bits per heavy atom. The predicted octanol–water partition coefficient (Wildman–Crippen LogP) is 2.24. The molecule has 1 atom stereocenters. The van der Waals surface area contributed by atoms with Crippen LogP contribution in [0.4, 0.5) is 8.78 Å². The van der Waals surface area contributed by atoms with Crippen LogP contribution in [0.1, 0.15) is 26.2 Å². The van der Waals surface area contributed by atoms with E-state index < -0.39 is 17.2 Å². The van der Waals surface area contributed by atoms with Crippen molar-refractivity contribution in [3.8, 4) is 5.75 Å². The number of rotatable bonds is 7. The fourth-order valence-electron chi connectivity index (χ4n) is 1.90. The Morgan fingerprint density at radius 2 is 2.16 bits per heavy atom. The molecule has 19 heavy (non-hydrogen) atoms. The zero-order chi connectivity index (χ0) is 13.9. The number of hydrogen-bond donors (Lipinski definition) is 2. The summed E-state index contributed by atoms with van der Waals surface area (Å²) >= 11 is 0. The predicted molar refractivity (Wildman–Crippen MR) is 68.1 cm³/mol. The summed E-state index contributed by atoms with van der Waals surface area (Å²) in [7, 11) is 0. The Kier molecular flexibility index (Phi) is 4.37. The molecule has 2 N–H and O–H groups in total. The molecule has 1 aliphatic carbocycles. The van der Waals surface area contributed by atoms with Gasteiger partial charge >= 0.3 is 0 Å². The van der Waals surface area contributed by atoms with Crippen molar-refractivity contribution in [1.29, 1.82) is 0 Å². The average molecular weight is 271 g/mol. The molecule has 106 valence electrons. The van der Waals surface area contributed by atoms with E-state index in [4.69, 9.17) is 4.74 Å². The maximum absolute atomic E-state index is 13.4. The highest BCUT2D eigenvalue weighted by atomic mass is 19.2. The van der Waals surface area contributed by atoms with E-state index in [-0.39, 0.29) is 19.0 Å². The third-order valence-electron chi connectivity index (χ3n) is 3.31. The molecule has 0 spiro atoms. The van der Waals surface area contributed by atoms with Crippen LogP contribution in [-0.2, 0) is 0 Å². The number of nitrogens with one attached hydrogen (secondary N) is 1. The largest absolute Gasteiger partial charge is 0.490 e. The van der Waals surface area contributed by atoms with Crippen LogP contribution in [0.3, 0.4) is 0 Å². The van der Waals surface area contributed by atoms with Gasteiger partial charge in [-0.05, 0) is 31.9 Å². The first-order valence-corrected chi connectivity index (χ1v) is 6.49. The molecule has 2 rings (SSSR count). The van der Waals surface area contributed by atoms with Crippen LogP contribution in [0.2, 0.25) is 0 Å². The van der Waals surface area contributed by atoms with E-state index in [1.807, 2.05) is 6.92 Å². The highest BCUT2D eigenvalue weighted by Gasteiger charge is 2.31. The van der Waals surface area contributed by atoms with Crippen LogP contribution in [0.15, 0.2) is 18.2 Å². The van der Waals surface area contributed by atoms with Crippen molar-refractivity contribution < 1.29 is 18.6 Å². The van der Waals surface area contributed by atoms with Crippen molar-refractivity contribution in [3.63, 3.8) is 0 Å². The molecule has 0 aromatic heterocycles. The second kappa shape index (κ2) is 5.84. The van der Waals surface area contributed by atoms with E-state index in [2.05, 4.69) is 5.32 Å². The third-order valence-corrected chi connectivity index (χ3v) is 3.31. The SMILES string of the molecule is CC(CO)(CCOc1cccc(F)c1F)NC1CC1. The summed E-state index contributed by atoms with van der Waals surface area (Å²) in [6.07, 6.45) is 2.76. The molecule has 0 radical (unpaired) electrons. The summed E-state index contributed by atoms with van der Waals surface area (Å²) < 4.78 is 31.6. The maximum atomic E-state index is 13.4. The molecule has 1 aromatic carbocycles. The highest BCUT2D eigenvalue weighted by Crippen LogP contribution is 2.24. The number of halogens is 2. The lowest BCUT2D eigenvalue weighted by Crippen LogP contribution is -2.48. The van der Waals surface area contributed by atoms with Crippen LogP contribution in [-0.4, -0.2) is 29.9 Å². The van der Waals surface area contributed by atoms with E-state index >= 15 is 0 Å². The van der Waals surface area contributed by atoms with E-state index in [9.17, 15) is 13.9 Å². The minimum absolute atomic E-state index is 0.0154. The van der Waals surface area contributed by atoms with Crippen LogP contribution in [0.25, 0.3) is 0 Å². The summed E-state index contributed by atoms with van der Waals surface area (Å²) in [4.78, 5) is 0. The minimum atomic E-state index is -0.969. The van der Waals surface area contributed by atoms with Crippen molar-refractivity contribution in [2.45, 2.75) is 37.8 Å². The lowest BCUT2D eigenvalue weighted by molar-refractivity contribution is 0.141. The van der Waals surface area contributed by atoms with Gasteiger partial charge in [-0.1, -0.05) is 6.07 Å². The summed E-state index contributed by atoms with van der Waals surface area (Å²) in [5.41, 5.74) is -0.440. The van der Waals surface area contributed by atoms with Gasteiger partial charge in [0.25, 0.3) is 0 Å². The van der Waals surface area contributed by atoms with Gasteiger partial charge in [-0.3, -0.25) is 0 Å². The number of aliphatic hydroxyl groups is 1. The van der Waals surface area contributed by atoms with Crippen molar-refractivity contribution in [3.05, 3.63) is 29.8 Å². The fourth-order valence-corrected chi connectivity index (χ4v) is 1.90. The standard InChI is InChI=1S/C14H19F2NO2/c1-14(9-18,17-10-5-6-10)7-8-19-12-4-2-3-11(15)13(12)16/h2-4,10,17-18H,5-9H2,1H3. The fraction of sp³-hybridized carbons (Fsp3) is 0.571. The first-order chi connectivity index (χ1) is 9.04. The summed E-state index contributed by atoms with van der Waals surface area (Å²) in [5.74, 6) is -1.98. The van der Waals surface area contributed by atoms with Gasteiger partial charge in [-0.25, -0.2) is 4.39 Å². The van der Waals surface area contributed by atoms with Crippen LogP contribution < -0.4 is 10.1 Å². The van der Waals surface area contributed by atoms with Gasteiger partial charge in [0.15, 0.2) is 11.6 Å². The number of benzene rings is 1. The summed E-state index contributed by atoms with van der Waals surface area (Å²) in [6, 6.07) is 4.31. The molecule has 0 amide bonds. The van der Waals surface area contributed by atoms with Crippen molar-refractivity contribution in [1.82, 2.24) is 5.32 Å². The van der Waals surface area contributed by atoms with Gasteiger partial charge in [-0.15, -0.1) is 0 Å². The second-order valence-corrected chi connectivity index (χ2v) is 5.29. The Morgan fingerprint density at radius 1 is 1.42 bits per heavy atom. The van der Waals surface area contributed by atoms with E-state index in [0.717, 1.165) is 18.9 Å². The van der Waals surface area contributed by atoms with Gasteiger partial charge in [0.1, 0.15) is 0 Å². The van der Waals surface area contributed by atoms with Crippen molar-refractivity contribution >= 4 is 0 Å². The Bertz CT molecular complexity index is 437. The molecule has 0 bridgehead atoms. The van der Waals surface area contributed by atoms with Crippen LogP contribution in [0.5, 0.6) is 5.75 Å². The molecule has 0 heterocycles. The normalized spacial score (nSPS) is 18.1. The van der Waals surface area contributed by atoms with Gasteiger partial charge in [0.2, 0.25) is 5.82 Å². The second-order valence-electron chi connectivity index (χ2n) is 5.29. The van der Waals surface area contributed by atoms with Crippen LogP contribution in [0, 0.1) is 11.6 Å². The maximum Gasteiger partial charge on any atom is 0.200 e. The Hall–Kier alpha value is -1.20. The Labute approximate surface area is 111 Å². The first kappa shape index (κ1) is 14.2. The molecule has 1 saturated carbocycles. The van der Waals surface area contributed by atoms with E-state index in [1.54, 1.807) is 0 Å². The van der Waals surface area contributed by atoms with Gasteiger partial charge in [-0.2, -0.15) is 4.39 Å². The lowest BCUT2D eigenvalue weighted by Gasteiger charge is -2.29. The smallest absolute Gasteiger partial charge is 0.200 e. The van der Waals surface area contributed by atoms with Crippen LogP contribution >= 0.6 is 0 Å². The molecule has 0 aliphatic heterocycles. The molecule has 1 unspecified atom stereocenters. The zero-order valence-electron chi connectivity index (χ0n) is 11.0. The van der Waals surface area contributed by atoms with Gasteiger partial charge < -0.3 is 15.2 Å². The van der Waals surface area contributed by atoms with Gasteiger partial charge in [0.05, 0.1) is 13.2 Å². The molecular weight excluding hydrogens is 252 g/mol. The number of hydrogen-bond acceptors (Lipinski definition) is 3. The highest BCUT2D eigenvalue weighted by molar-refractivity contribution is 5.25. The quantitative estimate of drug-likeness (QED) is 0.799. The molecular formula is C14H19F2NO2. The third kappa shape index (κ3) is 3.88. The lowest BCUT2D eigenvalue weighted by atomic mass is 9.99. The zero-order valence-corrected chi connectivity index (χ0v) is 11.0. The molecule has 5 heteroatoms. The molecule has 0 saturated heterocycles. The van der Waals surface area contributed by atoms with Crippen molar-refractivity contribution in [2.75, 3.05) is 13.2 Å². The number of aliphatic hydroxyl groups excluding tert-OH is 1. The van der Waals surface area contributed by atoms with E-state index in [0.29, 0.717) is 12.5 Å². The molecule has 1 fully saturated rings.